The van der Waals surface area contributed by atoms with E-state index in [0.717, 1.165) is 5.56 Å². The highest BCUT2D eigenvalue weighted by molar-refractivity contribution is 5.62. The van der Waals surface area contributed by atoms with Crippen molar-refractivity contribution in [1.29, 1.82) is 0 Å². The van der Waals surface area contributed by atoms with E-state index in [1.165, 1.54) is 0 Å². The van der Waals surface area contributed by atoms with E-state index in [1.807, 2.05) is 24.3 Å². The van der Waals surface area contributed by atoms with Crippen molar-refractivity contribution >= 4 is 0 Å². The van der Waals surface area contributed by atoms with Crippen LogP contribution in [-0.2, 0) is 0 Å². The van der Waals surface area contributed by atoms with Crippen molar-refractivity contribution in [3.8, 4) is 17.1 Å². The van der Waals surface area contributed by atoms with Gasteiger partial charge in [-0.3, -0.25) is 0 Å². The molecule has 0 unspecified atom stereocenters. The monoisotopic (exact) mass is 202 g/mol. The predicted molar refractivity (Wildman–Crippen MR) is 54.3 cm³/mol. The minimum Gasteiger partial charge on any atom is -0.496 e. The number of hydrogen-bond donors (Lipinski definition) is 0. The molecule has 1 aromatic carbocycles. The van der Waals surface area contributed by atoms with Crippen molar-refractivity contribution in [2.45, 2.75) is 6.92 Å². The molecule has 2 rings (SSSR count). The van der Waals surface area contributed by atoms with Gasteiger partial charge >= 0.3 is 0 Å². The Bertz CT molecular complexity index is 455. The molecule has 0 spiro atoms. The molecule has 15 heavy (non-hydrogen) atoms. The third kappa shape index (κ3) is 1.90. The summed E-state index contributed by atoms with van der Waals surface area (Å²) in [7, 11) is 1.61. The molecule has 0 aliphatic rings. The van der Waals surface area contributed by atoms with Crippen LogP contribution in [0.3, 0.4) is 0 Å². The van der Waals surface area contributed by atoms with Crippen molar-refractivity contribution < 1.29 is 4.74 Å². The summed E-state index contributed by atoms with van der Waals surface area (Å²) in [5.74, 6) is 1.73. The van der Waals surface area contributed by atoms with E-state index in [-0.39, 0.29) is 0 Å². The van der Waals surface area contributed by atoms with Crippen LogP contribution in [0.5, 0.6) is 5.75 Å². The van der Waals surface area contributed by atoms with Gasteiger partial charge in [0.05, 0.1) is 12.7 Å². The molecule has 0 bridgehead atoms. The number of nitrogens with zero attached hydrogens (tertiary/aromatic N) is 4. The fourth-order valence-electron chi connectivity index (χ4n) is 1.22. The van der Waals surface area contributed by atoms with Crippen LogP contribution in [0.4, 0.5) is 0 Å². The Morgan fingerprint density at radius 3 is 2.33 bits per heavy atom. The minimum atomic E-state index is 0.470. The molecule has 2 aromatic rings. The molecule has 5 nitrogen and oxygen atoms in total. The number of para-hydroxylation sites is 1. The predicted octanol–water partition coefficient (Wildman–Crippen LogP) is 1.25. The van der Waals surface area contributed by atoms with Gasteiger partial charge in [0, 0.05) is 0 Å². The van der Waals surface area contributed by atoms with Gasteiger partial charge in [-0.1, -0.05) is 12.1 Å². The van der Waals surface area contributed by atoms with Crippen LogP contribution in [0.15, 0.2) is 24.3 Å². The summed E-state index contributed by atoms with van der Waals surface area (Å²) in [6, 6.07) is 7.49. The Hall–Kier alpha value is -2.04. The van der Waals surface area contributed by atoms with Gasteiger partial charge in [0.15, 0.2) is 5.82 Å². The van der Waals surface area contributed by atoms with Crippen molar-refractivity contribution in [3.63, 3.8) is 0 Å². The van der Waals surface area contributed by atoms with Gasteiger partial charge in [-0.05, 0) is 19.1 Å². The second-order valence-corrected chi connectivity index (χ2v) is 2.97. The van der Waals surface area contributed by atoms with E-state index in [1.54, 1.807) is 14.0 Å². The van der Waals surface area contributed by atoms with Crippen molar-refractivity contribution in [1.82, 2.24) is 20.4 Å². The van der Waals surface area contributed by atoms with Gasteiger partial charge in [0.1, 0.15) is 5.75 Å². The average Bonchev–Trinajstić information content (AvgIpc) is 2.30. The summed E-state index contributed by atoms with van der Waals surface area (Å²) in [4.78, 5) is 0. The SMILES string of the molecule is COc1ccccc1-c1nnc(C)nn1. The molecular formula is C10H10N4O. The maximum absolute atomic E-state index is 5.19. The van der Waals surface area contributed by atoms with Crippen LogP contribution in [0.2, 0.25) is 0 Å². The zero-order chi connectivity index (χ0) is 10.7. The summed E-state index contributed by atoms with van der Waals surface area (Å²) < 4.78 is 5.19. The van der Waals surface area contributed by atoms with Crippen LogP contribution < -0.4 is 4.74 Å². The normalized spacial score (nSPS) is 10.0. The first-order valence-electron chi connectivity index (χ1n) is 4.48. The summed E-state index contributed by atoms with van der Waals surface area (Å²) in [5.41, 5.74) is 0.792. The van der Waals surface area contributed by atoms with Crippen molar-refractivity contribution in [3.05, 3.63) is 30.1 Å². The summed E-state index contributed by atoms with van der Waals surface area (Å²) in [5, 5.41) is 15.6. The van der Waals surface area contributed by atoms with Crippen LogP contribution >= 0.6 is 0 Å². The number of benzene rings is 1. The highest BCUT2D eigenvalue weighted by Crippen LogP contribution is 2.25. The molecule has 0 aliphatic heterocycles. The number of rotatable bonds is 2. The smallest absolute Gasteiger partial charge is 0.207 e. The molecule has 0 fully saturated rings. The van der Waals surface area contributed by atoms with E-state index >= 15 is 0 Å². The van der Waals surface area contributed by atoms with E-state index in [4.69, 9.17) is 4.74 Å². The Kier molecular flexibility index (Phi) is 2.53. The first kappa shape index (κ1) is 9.51. The maximum atomic E-state index is 5.19. The van der Waals surface area contributed by atoms with Gasteiger partial charge in [0.25, 0.3) is 0 Å². The Labute approximate surface area is 87.1 Å². The molecule has 1 aromatic heterocycles. The highest BCUT2D eigenvalue weighted by Gasteiger charge is 2.08. The molecule has 5 heteroatoms. The Morgan fingerprint density at radius 1 is 1.00 bits per heavy atom. The largest absolute Gasteiger partial charge is 0.496 e. The van der Waals surface area contributed by atoms with Crippen LogP contribution in [-0.4, -0.2) is 27.5 Å². The van der Waals surface area contributed by atoms with Crippen LogP contribution in [0, 0.1) is 6.92 Å². The Morgan fingerprint density at radius 2 is 1.67 bits per heavy atom. The number of aryl methyl sites for hydroxylation is 1. The molecule has 0 atom stereocenters. The lowest BCUT2D eigenvalue weighted by molar-refractivity contribution is 0.416. The standard InChI is InChI=1S/C10H10N4O/c1-7-11-13-10(14-12-7)8-5-3-4-6-9(8)15-2/h3-6H,1-2H3. The third-order valence-corrected chi connectivity index (χ3v) is 1.93. The highest BCUT2D eigenvalue weighted by atomic mass is 16.5. The van der Waals surface area contributed by atoms with Crippen molar-refractivity contribution in [2.24, 2.45) is 0 Å². The molecule has 0 radical (unpaired) electrons. The molecule has 0 amide bonds. The van der Waals surface area contributed by atoms with Gasteiger partial charge in [-0.15, -0.1) is 20.4 Å². The van der Waals surface area contributed by atoms with Crippen LogP contribution in [0.1, 0.15) is 5.82 Å². The van der Waals surface area contributed by atoms with Gasteiger partial charge in [-0.2, -0.15) is 0 Å². The topological polar surface area (TPSA) is 60.8 Å². The summed E-state index contributed by atoms with van der Waals surface area (Å²) in [6.07, 6.45) is 0. The molecule has 1 heterocycles. The first-order valence-corrected chi connectivity index (χ1v) is 4.48. The Balaban J connectivity index is 2.49. The average molecular weight is 202 g/mol. The summed E-state index contributed by atoms with van der Waals surface area (Å²) in [6.45, 7) is 1.74. The lowest BCUT2D eigenvalue weighted by atomic mass is 10.2. The minimum absolute atomic E-state index is 0.470. The van der Waals surface area contributed by atoms with Gasteiger partial charge in [0.2, 0.25) is 5.82 Å². The number of aromatic nitrogens is 4. The quantitative estimate of drug-likeness (QED) is 0.733. The van der Waals surface area contributed by atoms with E-state index in [0.29, 0.717) is 17.4 Å². The maximum Gasteiger partial charge on any atom is 0.207 e. The summed E-state index contributed by atoms with van der Waals surface area (Å²) >= 11 is 0. The zero-order valence-corrected chi connectivity index (χ0v) is 8.51. The van der Waals surface area contributed by atoms with Gasteiger partial charge in [-0.25, -0.2) is 0 Å². The van der Waals surface area contributed by atoms with Crippen LogP contribution in [0.25, 0.3) is 11.4 Å². The van der Waals surface area contributed by atoms with E-state index < -0.39 is 0 Å². The molecule has 76 valence electrons. The van der Waals surface area contributed by atoms with E-state index in [9.17, 15) is 0 Å². The molecule has 0 N–H and O–H groups in total. The van der Waals surface area contributed by atoms with Crippen molar-refractivity contribution in [2.75, 3.05) is 7.11 Å². The number of ether oxygens (including phenoxy) is 1. The lowest BCUT2D eigenvalue weighted by Crippen LogP contribution is -1.99. The molecular weight excluding hydrogens is 192 g/mol. The zero-order valence-electron chi connectivity index (χ0n) is 8.51. The lowest BCUT2D eigenvalue weighted by Gasteiger charge is -2.04. The first-order chi connectivity index (χ1) is 7.31. The molecule has 0 aliphatic carbocycles. The van der Waals surface area contributed by atoms with E-state index in [2.05, 4.69) is 20.4 Å². The number of hydrogen-bond acceptors (Lipinski definition) is 5. The fourth-order valence-corrected chi connectivity index (χ4v) is 1.22. The molecule has 0 saturated heterocycles. The molecule has 0 saturated carbocycles. The second-order valence-electron chi connectivity index (χ2n) is 2.97. The van der Waals surface area contributed by atoms with Gasteiger partial charge < -0.3 is 4.74 Å². The third-order valence-electron chi connectivity index (χ3n) is 1.93. The second kappa shape index (κ2) is 4.00. The fraction of sp³-hybridized carbons (Fsp3) is 0.200. The number of methoxy groups -OCH3 is 1.